The fourth-order valence-electron chi connectivity index (χ4n) is 3.15. The quantitative estimate of drug-likeness (QED) is 0.389. The number of carboxylic acid groups (broad SMARTS) is 2. The molecular formula is C20H28N2O10S. The Kier molecular flexibility index (Phi) is 10.9. The number of aliphatic carboxylic acids is 2. The Balaban J connectivity index is 0.000000801. The minimum Gasteiger partial charge on any atom is -0.473 e. The van der Waals surface area contributed by atoms with Crippen LogP contribution in [0.4, 0.5) is 5.00 Å². The number of methoxy groups -OCH3 is 2. The molecule has 13 heteroatoms. The van der Waals surface area contributed by atoms with Crippen LogP contribution in [0.2, 0.25) is 0 Å². The van der Waals surface area contributed by atoms with Gasteiger partial charge in [0.2, 0.25) is 5.91 Å². The predicted octanol–water partition coefficient (Wildman–Crippen LogP) is 1.22. The van der Waals surface area contributed by atoms with Crippen LogP contribution in [0.1, 0.15) is 45.9 Å². The van der Waals surface area contributed by atoms with Crippen LogP contribution < -0.4 is 5.32 Å². The first-order valence-corrected chi connectivity index (χ1v) is 10.7. The normalized spacial score (nSPS) is 17.8. The van der Waals surface area contributed by atoms with Crippen molar-refractivity contribution in [1.29, 1.82) is 0 Å². The molecule has 1 fully saturated rings. The van der Waals surface area contributed by atoms with Gasteiger partial charge in [0.05, 0.1) is 32.0 Å². The number of anilines is 1. The molecule has 1 aromatic rings. The molecule has 1 aliphatic heterocycles. The van der Waals surface area contributed by atoms with Gasteiger partial charge in [-0.05, 0) is 26.3 Å². The van der Waals surface area contributed by atoms with Gasteiger partial charge in [-0.3, -0.25) is 9.69 Å². The summed E-state index contributed by atoms with van der Waals surface area (Å²) >= 11 is 1.01. The Hall–Kier alpha value is -3.03. The van der Waals surface area contributed by atoms with Gasteiger partial charge in [-0.2, -0.15) is 0 Å². The molecule has 12 nitrogen and oxygen atoms in total. The molecule has 0 aromatic carbocycles. The highest BCUT2D eigenvalue weighted by molar-refractivity contribution is 7.18. The zero-order valence-corrected chi connectivity index (χ0v) is 19.8. The number of carbonyl (C=O) groups is 5. The summed E-state index contributed by atoms with van der Waals surface area (Å²) in [6, 6.07) is 0. The number of amides is 1. The van der Waals surface area contributed by atoms with E-state index in [-0.39, 0.29) is 35.0 Å². The number of nitrogens with zero attached hydrogens (tertiary/aromatic N) is 1. The summed E-state index contributed by atoms with van der Waals surface area (Å²) in [6.45, 7) is 7.78. The molecule has 2 unspecified atom stereocenters. The van der Waals surface area contributed by atoms with Gasteiger partial charge in [-0.1, -0.05) is 0 Å². The molecule has 0 radical (unpaired) electrons. The van der Waals surface area contributed by atoms with E-state index in [0.29, 0.717) is 17.1 Å². The maximum absolute atomic E-state index is 12.4. The molecule has 0 saturated carbocycles. The summed E-state index contributed by atoms with van der Waals surface area (Å²) in [5, 5.41) is 17.8. The molecule has 1 amide bonds. The monoisotopic (exact) mass is 488 g/mol. The van der Waals surface area contributed by atoms with Crippen LogP contribution in [0, 0.1) is 6.92 Å². The molecule has 184 valence electrons. The Morgan fingerprint density at radius 3 is 2.00 bits per heavy atom. The van der Waals surface area contributed by atoms with E-state index < -0.39 is 23.9 Å². The lowest BCUT2D eigenvalue weighted by molar-refractivity contribution is -0.159. The van der Waals surface area contributed by atoms with Gasteiger partial charge < -0.3 is 29.7 Å². The zero-order chi connectivity index (χ0) is 25.3. The summed E-state index contributed by atoms with van der Waals surface area (Å²) in [7, 11) is 2.52. The van der Waals surface area contributed by atoms with Gasteiger partial charge in [0.1, 0.15) is 9.88 Å². The number of ether oxygens (including phenoxy) is 3. The fraction of sp³-hybridized carbons (Fsp3) is 0.550. The van der Waals surface area contributed by atoms with Gasteiger partial charge in [-0.25, -0.2) is 19.2 Å². The highest BCUT2D eigenvalue weighted by Gasteiger charge is 2.27. The Labute approximate surface area is 194 Å². The van der Waals surface area contributed by atoms with Crippen LogP contribution >= 0.6 is 11.3 Å². The molecule has 0 bridgehead atoms. The van der Waals surface area contributed by atoms with Crippen molar-refractivity contribution in [2.75, 3.05) is 39.2 Å². The van der Waals surface area contributed by atoms with Crippen LogP contribution in [-0.2, 0) is 28.6 Å². The molecule has 2 heterocycles. The Morgan fingerprint density at radius 1 is 1.03 bits per heavy atom. The largest absolute Gasteiger partial charge is 0.473 e. The van der Waals surface area contributed by atoms with Crippen molar-refractivity contribution in [3.8, 4) is 0 Å². The lowest BCUT2D eigenvalue weighted by Crippen LogP contribution is -2.46. The van der Waals surface area contributed by atoms with Crippen molar-refractivity contribution in [2.24, 2.45) is 0 Å². The van der Waals surface area contributed by atoms with Gasteiger partial charge in [0.15, 0.2) is 0 Å². The second-order valence-corrected chi connectivity index (χ2v) is 8.19. The third-order valence-electron chi connectivity index (χ3n) is 4.49. The van der Waals surface area contributed by atoms with Gasteiger partial charge in [-0.15, -0.1) is 11.3 Å². The summed E-state index contributed by atoms with van der Waals surface area (Å²) in [6.07, 6.45) is 0.528. The molecule has 2 rings (SSSR count). The molecule has 0 aliphatic carbocycles. The molecule has 0 spiro atoms. The molecular weight excluding hydrogens is 460 g/mol. The van der Waals surface area contributed by atoms with E-state index >= 15 is 0 Å². The van der Waals surface area contributed by atoms with Crippen LogP contribution in [0.15, 0.2) is 0 Å². The number of esters is 2. The molecule has 3 N–H and O–H groups in total. The third-order valence-corrected chi connectivity index (χ3v) is 5.68. The van der Waals surface area contributed by atoms with Crippen molar-refractivity contribution in [2.45, 2.75) is 39.4 Å². The molecule has 1 saturated heterocycles. The SMILES string of the molecule is COC(=O)c1sc(NC(=O)CCN2CC(C)OC(C)C2)c(C(=O)OC)c1C.O=C(O)C(=O)O. The highest BCUT2D eigenvalue weighted by atomic mass is 32.1. The highest BCUT2D eigenvalue weighted by Crippen LogP contribution is 2.34. The lowest BCUT2D eigenvalue weighted by Gasteiger charge is -2.35. The third kappa shape index (κ3) is 8.44. The van der Waals surface area contributed by atoms with Crippen molar-refractivity contribution >= 4 is 46.1 Å². The van der Waals surface area contributed by atoms with Crippen LogP contribution in [0.5, 0.6) is 0 Å². The summed E-state index contributed by atoms with van der Waals surface area (Å²) < 4.78 is 15.2. The molecule has 2 atom stereocenters. The average Bonchev–Trinajstić information content (AvgIpc) is 3.06. The average molecular weight is 489 g/mol. The summed E-state index contributed by atoms with van der Waals surface area (Å²) in [5.41, 5.74) is 0.620. The second-order valence-electron chi connectivity index (χ2n) is 7.17. The fourth-order valence-corrected chi connectivity index (χ4v) is 4.28. The van der Waals surface area contributed by atoms with Crippen molar-refractivity contribution in [3.05, 3.63) is 16.0 Å². The number of hydrogen-bond acceptors (Lipinski definition) is 10. The van der Waals surface area contributed by atoms with Crippen molar-refractivity contribution in [3.63, 3.8) is 0 Å². The lowest BCUT2D eigenvalue weighted by atomic mass is 10.1. The van der Waals surface area contributed by atoms with Gasteiger partial charge in [0, 0.05) is 26.1 Å². The van der Waals surface area contributed by atoms with E-state index in [2.05, 4.69) is 10.2 Å². The zero-order valence-electron chi connectivity index (χ0n) is 19.0. The first-order valence-electron chi connectivity index (χ1n) is 9.85. The topological polar surface area (TPSA) is 169 Å². The van der Waals surface area contributed by atoms with Gasteiger partial charge in [0.25, 0.3) is 0 Å². The van der Waals surface area contributed by atoms with E-state index in [0.717, 1.165) is 24.4 Å². The van der Waals surface area contributed by atoms with E-state index in [1.54, 1.807) is 6.92 Å². The van der Waals surface area contributed by atoms with E-state index in [1.807, 2.05) is 13.8 Å². The summed E-state index contributed by atoms with van der Waals surface area (Å²) in [5.74, 6) is -5.04. The van der Waals surface area contributed by atoms with Crippen molar-refractivity contribution in [1.82, 2.24) is 4.90 Å². The molecule has 1 aliphatic rings. The van der Waals surface area contributed by atoms with E-state index in [4.69, 9.17) is 34.0 Å². The first-order chi connectivity index (χ1) is 15.4. The number of thiophene rings is 1. The Morgan fingerprint density at radius 2 is 1.55 bits per heavy atom. The van der Waals surface area contributed by atoms with E-state index in [1.165, 1.54) is 14.2 Å². The summed E-state index contributed by atoms with van der Waals surface area (Å²) in [4.78, 5) is 57.0. The van der Waals surface area contributed by atoms with Crippen LogP contribution in [-0.4, -0.2) is 91.0 Å². The number of carbonyl (C=O) groups excluding carboxylic acids is 3. The standard InChI is InChI=1S/C18H26N2O6S.C2H2O4/c1-10-8-20(9-11(2)26-10)7-6-13(21)19-16-14(17(22)24-4)12(3)15(27-16)18(23)25-5;3-1(4)2(5)6/h10-11H,6-9H2,1-5H3,(H,19,21);(H,3,4)(H,5,6). The van der Waals surface area contributed by atoms with Gasteiger partial charge >= 0.3 is 23.9 Å². The number of rotatable bonds is 6. The Bertz CT molecular complexity index is 876. The maximum Gasteiger partial charge on any atom is 0.414 e. The second kappa shape index (κ2) is 12.9. The number of nitrogens with one attached hydrogen (secondary N) is 1. The van der Waals surface area contributed by atoms with Crippen LogP contribution in [0.3, 0.4) is 0 Å². The number of carboxylic acids is 2. The maximum atomic E-state index is 12.4. The first kappa shape index (κ1) is 28.0. The number of hydrogen-bond donors (Lipinski definition) is 3. The molecule has 33 heavy (non-hydrogen) atoms. The predicted molar refractivity (Wildman–Crippen MR) is 117 cm³/mol. The van der Waals surface area contributed by atoms with E-state index in [9.17, 15) is 14.4 Å². The number of morpholine rings is 1. The van der Waals surface area contributed by atoms with Crippen LogP contribution in [0.25, 0.3) is 0 Å². The molecule has 1 aromatic heterocycles. The minimum atomic E-state index is -1.82. The van der Waals surface area contributed by atoms with Crippen molar-refractivity contribution < 1.29 is 48.4 Å². The smallest absolute Gasteiger partial charge is 0.414 e. The minimum absolute atomic E-state index is 0.130.